The zero-order valence-electron chi connectivity index (χ0n) is 10.6. The van der Waals surface area contributed by atoms with E-state index in [0.717, 1.165) is 16.8 Å². The normalized spacial score (nSPS) is 11.0. The molecule has 0 saturated heterocycles. The largest absolute Gasteiger partial charge is 0.383 e. The predicted molar refractivity (Wildman–Crippen MR) is 62.6 cm³/mol. The minimum atomic E-state index is -1.56. The molecule has 1 N–H and O–H groups in total. The smallest absolute Gasteiger partial charge is 0.196 e. The number of tetrazole rings is 1. The van der Waals surface area contributed by atoms with Gasteiger partial charge in [0.2, 0.25) is 0 Å². The Labute approximate surface area is 112 Å². The average molecular weight is 287 g/mol. The third-order valence-corrected chi connectivity index (χ3v) is 2.54. The molecule has 9 heteroatoms. The van der Waals surface area contributed by atoms with Crippen molar-refractivity contribution in [1.82, 2.24) is 25.5 Å². The van der Waals surface area contributed by atoms with E-state index in [0.29, 0.717) is 13.2 Å². The molecule has 0 spiro atoms. The van der Waals surface area contributed by atoms with Crippen LogP contribution in [0.3, 0.4) is 0 Å². The number of nitrogens with zero attached hydrogens (tertiary/aromatic N) is 4. The molecule has 1 heterocycles. The van der Waals surface area contributed by atoms with Crippen LogP contribution in [0, 0.1) is 17.5 Å². The van der Waals surface area contributed by atoms with E-state index < -0.39 is 17.5 Å². The van der Waals surface area contributed by atoms with Crippen LogP contribution < -0.4 is 5.32 Å². The Bertz CT molecular complexity index is 589. The Morgan fingerprint density at radius 3 is 2.80 bits per heavy atom. The van der Waals surface area contributed by atoms with E-state index in [4.69, 9.17) is 4.74 Å². The minimum absolute atomic E-state index is 0.231. The van der Waals surface area contributed by atoms with E-state index in [1.807, 2.05) is 0 Å². The van der Waals surface area contributed by atoms with Crippen LogP contribution in [0.5, 0.6) is 0 Å². The van der Waals surface area contributed by atoms with Gasteiger partial charge >= 0.3 is 0 Å². The van der Waals surface area contributed by atoms with Crippen molar-refractivity contribution < 1.29 is 17.9 Å². The lowest BCUT2D eigenvalue weighted by Gasteiger charge is -2.07. The van der Waals surface area contributed by atoms with Gasteiger partial charge in [-0.25, -0.2) is 13.2 Å². The van der Waals surface area contributed by atoms with Crippen LogP contribution in [0.2, 0.25) is 0 Å². The molecule has 0 atom stereocenters. The van der Waals surface area contributed by atoms with Crippen molar-refractivity contribution in [3.8, 4) is 5.69 Å². The Kier molecular flexibility index (Phi) is 4.64. The van der Waals surface area contributed by atoms with E-state index in [1.54, 1.807) is 7.11 Å². The molecule has 0 aliphatic heterocycles. The fraction of sp³-hybridized carbons (Fsp3) is 0.364. The highest BCUT2D eigenvalue weighted by atomic mass is 19.2. The van der Waals surface area contributed by atoms with Crippen molar-refractivity contribution in [1.29, 1.82) is 0 Å². The molecule has 2 rings (SSSR count). The van der Waals surface area contributed by atoms with Crippen LogP contribution >= 0.6 is 0 Å². The summed E-state index contributed by atoms with van der Waals surface area (Å²) >= 11 is 0. The highest BCUT2D eigenvalue weighted by Gasteiger charge is 2.18. The Morgan fingerprint density at radius 1 is 1.25 bits per heavy atom. The number of ether oxygens (including phenoxy) is 1. The van der Waals surface area contributed by atoms with Crippen molar-refractivity contribution in [3.63, 3.8) is 0 Å². The molecule has 0 unspecified atom stereocenters. The second-order valence-electron chi connectivity index (χ2n) is 3.87. The van der Waals surface area contributed by atoms with Crippen molar-refractivity contribution in [2.24, 2.45) is 0 Å². The van der Waals surface area contributed by atoms with E-state index in [1.165, 1.54) is 0 Å². The summed E-state index contributed by atoms with van der Waals surface area (Å²) in [4.78, 5) is 0. The van der Waals surface area contributed by atoms with Gasteiger partial charge in [-0.05, 0) is 22.6 Å². The van der Waals surface area contributed by atoms with Crippen LogP contribution in [-0.4, -0.2) is 40.5 Å². The quantitative estimate of drug-likeness (QED) is 0.629. The first-order valence-corrected chi connectivity index (χ1v) is 5.76. The predicted octanol–water partition coefficient (Wildman–Crippen LogP) is 0.816. The van der Waals surface area contributed by atoms with Gasteiger partial charge in [0.15, 0.2) is 23.3 Å². The molecule has 0 aliphatic carbocycles. The standard InChI is InChI=1S/C11H12F3N5O/c1-20-5-4-15-6-9-16-17-18-19(9)8-3-2-7(12)10(13)11(8)14/h2-3,15H,4-6H2,1H3. The first kappa shape index (κ1) is 14.4. The number of halogens is 3. The Morgan fingerprint density at radius 2 is 2.05 bits per heavy atom. The van der Waals surface area contributed by atoms with Crippen LogP contribution in [-0.2, 0) is 11.3 Å². The Balaban J connectivity index is 2.22. The SMILES string of the molecule is COCCNCc1nnnn1-c1ccc(F)c(F)c1F. The van der Waals surface area contributed by atoms with Gasteiger partial charge in [-0.15, -0.1) is 5.10 Å². The van der Waals surface area contributed by atoms with Crippen LogP contribution in [0.4, 0.5) is 13.2 Å². The zero-order valence-corrected chi connectivity index (χ0v) is 10.6. The molecule has 20 heavy (non-hydrogen) atoms. The number of benzene rings is 1. The summed E-state index contributed by atoms with van der Waals surface area (Å²) in [7, 11) is 1.56. The molecule has 108 valence electrons. The summed E-state index contributed by atoms with van der Waals surface area (Å²) in [5.41, 5.74) is -0.252. The van der Waals surface area contributed by atoms with Gasteiger partial charge in [-0.3, -0.25) is 0 Å². The van der Waals surface area contributed by atoms with Gasteiger partial charge in [-0.2, -0.15) is 4.68 Å². The lowest BCUT2D eigenvalue weighted by Crippen LogP contribution is -2.21. The average Bonchev–Trinajstić information content (AvgIpc) is 2.89. The van der Waals surface area contributed by atoms with Crippen LogP contribution in [0.15, 0.2) is 12.1 Å². The van der Waals surface area contributed by atoms with E-state index in [9.17, 15) is 13.2 Å². The topological polar surface area (TPSA) is 64.9 Å². The second kappa shape index (κ2) is 6.44. The Hall–Kier alpha value is -2.00. The van der Waals surface area contributed by atoms with Crippen LogP contribution in [0.1, 0.15) is 5.82 Å². The number of aromatic nitrogens is 4. The van der Waals surface area contributed by atoms with Crippen molar-refractivity contribution in [3.05, 3.63) is 35.4 Å². The van der Waals surface area contributed by atoms with Gasteiger partial charge in [-0.1, -0.05) is 0 Å². The first-order chi connectivity index (χ1) is 9.65. The molecular weight excluding hydrogens is 275 g/mol. The summed E-state index contributed by atoms with van der Waals surface area (Å²) in [6, 6.07) is 1.89. The fourth-order valence-electron chi connectivity index (χ4n) is 1.56. The van der Waals surface area contributed by atoms with Gasteiger partial charge in [0.05, 0.1) is 13.2 Å². The second-order valence-corrected chi connectivity index (χ2v) is 3.87. The van der Waals surface area contributed by atoms with Crippen molar-refractivity contribution in [2.45, 2.75) is 6.54 Å². The molecule has 0 fully saturated rings. The molecule has 2 aromatic rings. The molecule has 0 amide bonds. The molecule has 0 aliphatic rings. The summed E-state index contributed by atoms with van der Waals surface area (Å²) in [6.07, 6.45) is 0. The van der Waals surface area contributed by atoms with Gasteiger partial charge in [0, 0.05) is 13.7 Å². The molecule has 0 radical (unpaired) electrons. The summed E-state index contributed by atoms with van der Waals surface area (Å²) in [5, 5.41) is 13.6. The number of hydrogen-bond donors (Lipinski definition) is 1. The maximum Gasteiger partial charge on any atom is 0.196 e. The van der Waals surface area contributed by atoms with Gasteiger partial charge < -0.3 is 10.1 Å². The van der Waals surface area contributed by atoms with Gasteiger partial charge in [0.25, 0.3) is 0 Å². The maximum absolute atomic E-state index is 13.7. The number of rotatable bonds is 6. The molecule has 1 aromatic heterocycles. The van der Waals surface area contributed by atoms with Crippen molar-refractivity contribution in [2.75, 3.05) is 20.3 Å². The molecular formula is C11H12F3N5O. The molecule has 0 saturated carbocycles. The summed E-state index contributed by atoms with van der Waals surface area (Å²) in [6.45, 7) is 1.26. The third kappa shape index (κ3) is 2.94. The number of methoxy groups -OCH3 is 1. The number of hydrogen-bond acceptors (Lipinski definition) is 5. The lowest BCUT2D eigenvalue weighted by atomic mass is 10.3. The van der Waals surface area contributed by atoms with E-state index in [-0.39, 0.29) is 18.1 Å². The molecule has 6 nitrogen and oxygen atoms in total. The van der Waals surface area contributed by atoms with E-state index in [2.05, 4.69) is 20.8 Å². The minimum Gasteiger partial charge on any atom is -0.383 e. The lowest BCUT2D eigenvalue weighted by molar-refractivity contribution is 0.199. The highest BCUT2D eigenvalue weighted by Crippen LogP contribution is 2.18. The van der Waals surface area contributed by atoms with Crippen LogP contribution in [0.25, 0.3) is 5.69 Å². The summed E-state index contributed by atoms with van der Waals surface area (Å²) in [5.74, 6) is -3.89. The fourth-order valence-corrected chi connectivity index (χ4v) is 1.56. The summed E-state index contributed by atoms with van der Waals surface area (Å²) < 4.78 is 45.6. The first-order valence-electron chi connectivity index (χ1n) is 5.76. The zero-order chi connectivity index (χ0) is 14.5. The molecule has 1 aromatic carbocycles. The highest BCUT2D eigenvalue weighted by molar-refractivity contribution is 5.34. The maximum atomic E-state index is 13.7. The van der Waals surface area contributed by atoms with E-state index >= 15 is 0 Å². The molecule has 0 bridgehead atoms. The van der Waals surface area contributed by atoms with Gasteiger partial charge in [0.1, 0.15) is 5.69 Å². The monoisotopic (exact) mass is 287 g/mol. The third-order valence-electron chi connectivity index (χ3n) is 2.54. The number of nitrogens with one attached hydrogen (secondary N) is 1. The van der Waals surface area contributed by atoms with Crippen molar-refractivity contribution >= 4 is 0 Å².